The maximum Gasteiger partial charge on any atom is 0.162 e. The minimum Gasteiger partial charge on any atom is -0.396 e. The number of rotatable bonds is 1. The Morgan fingerprint density at radius 2 is 2.15 bits per heavy atom. The number of hydrogen-bond acceptors (Lipinski definition) is 1. The number of benzene rings is 1. The van der Waals surface area contributed by atoms with E-state index in [9.17, 15) is 8.78 Å². The highest BCUT2D eigenvalue weighted by molar-refractivity contribution is 5.36. The van der Waals surface area contributed by atoms with E-state index < -0.39 is 11.6 Å². The Labute approximate surface area is 75.0 Å². The van der Waals surface area contributed by atoms with Gasteiger partial charge in [-0.2, -0.15) is 0 Å². The van der Waals surface area contributed by atoms with E-state index in [0.29, 0.717) is 18.4 Å². The zero-order valence-electron chi connectivity index (χ0n) is 7.06. The highest BCUT2D eigenvalue weighted by atomic mass is 19.2. The normalized spacial score (nSPS) is 20.4. The van der Waals surface area contributed by atoms with Gasteiger partial charge in [-0.25, -0.2) is 8.78 Å². The summed E-state index contributed by atoms with van der Waals surface area (Å²) in [5, 5.41) is 8.96. The van der Waals surface area contributed by atoms with Crippen molar-refractivity contribution in [2.24, 2.45) is 0 Å². The number of hydrogen-bond donors (Lipinski definition) is 1. The van der Waals surface area contributed by atoms with Gasteiger partial charge >= 0.3 is 0 Å². The van der Waals surface area contributed by atoms with Gasteiger partial charge in [-0.15, -0.1) is 0 Å². The number of aliphatic hydroxyl groups is 1. The fraction of sp³-hybridized carbons (Fsp3) is 0.400. The summed E-state index contributed by atoms with van der Waals surface area (Å²) < 4.78 is 25.9. The number of fused-ring (bicyclic) bond motifs is 1. The molecule has 0 amide bonds. The summed E-state index contributed by atoms with van der Waals surface area (Å²) in [6, 6.07) is 2.70. The number of aliphatic hydroxyl groups excluding tert-OH is 1. The van der Waals surface area contributed by atoms with E-state index in [2.05, 4.69) is 0 Å². The van der Waals surface area contributed by atoms with Crippen molar-refractivity contribution >= 4 is 0 Å². The van der Waals surface area contributed by atoms with Crippen LogP contribution in [0, 0.1) is 11.6 Å². The molecule has 1 aromatic rings. The Kier molecular flexibility index (Phi) is 2.04. The van der Waals surface area contributed by atoms with Crippen molar-refractivity contribution < 1.29 is 13.9 Å². The van der Waals surface area contributed by atoms with Gasteiger partial charge in [0.05, 0.1) is 0 Å². The third-order valence-electron chi connectivity index (χ3n) is 2.64. The maximum absolute atomic E-state index is 13.2. The Hall–Kier alpha value is -0.960. The predicted octanol–water partition coefficient (Wildman–Crippen LogP) is 1.99. The van der Waals surface area contributed by atoms with Gasteiger partial charge in [-0.3, -0.25) is 0 Å². The van der Waals surface area contributed by atoms with E-state index in [1.165, 1.54) is 0 Å². The lowest BCUT2D eigenvalue weighted by atomic mass is 10.0. The molecule has 2 rings (SSSR count). The number of halogens is 2. The molecule has 1 N–H and O–H groups in total. The Balaban J connectivity index is 2.50. The van der Waals surface area contributed by atoms with E-state index in [1.54, 1.807) is 6.07 Å². The molecule has 0 aromatic heterocycles. The van der Waals surface area contributed by atoms with Crippen molar-refractivity contribution in [1.29, 1.82) is 0 Å². The van der Waals surface area contributed by atoms with Gasteiger partial charge in [0.15, 0.2) is 11.6 Å². The molecule has 3 heteroatoms. The third kappa shape index (κ3) is 1.23. The molecule has 70 valence electrons. The second-order valence-electron chi connectivity index (χ2n) is 3.35. The molecule has 1 aromatic carbocycles. The Morgan fingerprint density at radius 1 is 1.38 bits per heavy atom. The van der Waals surface area contributed by atoms with Crippen LogP contribution in [0.1, 0.15) is 23.5 Å². The van der Waals surface area contributed by atoms with Gasteiger partial charge < -0.3 is 5.11 Å². The van der Waals surface area contributed by atoms with Crippen LogP contribution in [0.5, 0.6) is 0 Å². The second-order valence-corrected chi connectivity index (χ2v) is 3.35. The molecule has 0 heterocycles. The SMILES string of the molecule is OCC1CCc2c1ccc(F)c2F. The first-order valence-electron chi connectivity index (χ1n) is 4.31. The minimum atomic E-state index is -0.794. The summed E-state index contributed by atoms with van der Waals surface area (Å²) in [6.07, 6.45) is 1.25. The van der Waals surface area contributed by atoms with Crippen LogP contribution in [0.15, 0.2) is 12.1 Å². The largest absolute Gasteiger partial charge is 0.396 e. The average molecular weight is 184 g/mol. The molecular weight excluding hydrogens is 174 g/mol. The highest BCUT2D eigenvalue weighted by Crippen LogP contribution is 2.34. The molecule has 1 nitrogen and oxygen atoms in total. The third-order valence-corrected chi connectivity index (χ3v) is 2.64. The van der Waals surface area contributed by atoms with E-state index in [1.807, 2.05) is 0 Å². The lowest BCUT2D eigenvalue weighted by Gasteiger charge is -2.07. The van der Waals surface area contributed by atoms with Crippen LogP contribution in [0.25, 0.3) is 0 Å². The summed E-state index contributed by atoms with van der Waals surface area (Å²) in [6.45, 7) is 0.0120. The molecule has 0 saturated carbocycles. The van der Waals surface area contributed by atoms with Crippen molar-refractivity contribution in [3.8, 4) is 0 Å². The molecule has 0 spiro atoms. The first kappa shape index (κ1) is 8.63. The van der Waals surface area contributed by atoms with Crippen LogP contribution in [0.2, 0.25) is 0 Å². The standard InChI is InChI=1S/C10H10F2O/c11-9-4-3-7-6(5-13)1-2-8(7)10(9)12/h3-4,6,13H,1-2,5H2. The van der Waals surface area contributed by atoms with Crippen LogP contribution in [-0.4, -0.2) is 11.7 Å². The second kappa shape index (κ2) is 3.07. The highest BCUT2D eigenvalue weighted by Gasteiger charge is 2.25. The van der Waals surface area contributed by atoms with Gasteiger partial charge in [0.1, 0.15) is 0 Å². The lowest BCUT2D eigenvalue weighted by molar-refractivity contribution is 0.265. The van der Waals surface area contributed by atoms with Crippen LogP contribution in [-0.2, 0) is 6.42 Å². The molecule has 0 saturated heterocycles. The van der Waals surface area contributed by atoms with Gasteiger partial charge in [0, 0.05) is 12.5 Å². The monoisotopic (exact) mass is 184 g/mol. The summed E-state index contributed by atoms with van der Waals surface area (Å²) in [7, 11) is 0. The Bertz CT molecular complexity index is 336. The molecular formula is C10H10F2O. The van der Waals surface area contributed by atoms with Gasteiger partial charge in [0.2, 0.25) is 0 Å². The summed E-state index contributed by atoms with van der Waals surface area (Å²) in [5.74, 6) is -1.55. The van der Waals surface area contributed by atoms with Gasteiger partial charge in [0.25, 0.3) is 0 Å². The van der Waals surface area contributed by atoms with Crippen LogP contribution in [0.4, 0.5) is 8.78 Å². The fourth-order valence-corrected chi connectivity index (χ4v) is 1.91. The van der Waals surface area contributed by atoms with E-state index >= 15 is 0 Å². The van der Waals surface area contributed by atoms with Crippen LogP contribution in [0.3, 0.4) is 0 Å². The Morgan fingerprint density at radius 3 is 2.85 bits per heavy atom. The molecule has 1 aliphatic carbocycles. The topological polar surface area (TPSA) is 20.2 Å². The van der Waals surface area contributed by atoms with Crippen LogP contribution >= 0.6 is 0 Å². The molecule has 0 bridgehead atoms. The average Bonchev–Trinajstić information content (AvgIpc) is 2.55. The quantitative estimate of drug-likeness (QED) is 0.707. The molecule has 1 aliphatic rings. The summed E-state index contributed by atoms with van der Waals surface area (Å²) >= 11 is 0. The van der Waals surface area contributed by atoms with E-state index in [4.69, 9.17) is 5.11 Å². The van der Waals surface area contributed by atoms with Crippen molar-refractivity contribution in [3.63, 3.8) is 0 Å². The minimum absolute atomic E-state index is 0.00917. The zero-order valence-corrected chi connectivity index (χ0v) is 7.06. The summed E-state index contributed by atoms with van der Waals surface area (Å²) in [4.78, 5) is 0. The van der Waals surface area contributed by atoms with Crippen LogP contribution < -0.4 is 0 Å². The smallest absolute Gasteiger partial charge is 0.162 e. The predicted molar refractivity (Wildman–Crippen MR) is 44.5 cm³/mol. The van der Waals surface area contributed by atoms with Crippen molar-refractivity contribution in [3.05, 3.63) is 34.9 Å². The first-order valence-corrected chi connectivity index (χ1v) is 4.31. The molecule has 0 aliphatic heterocycles. The van der Waals surface area contributed by atoms with Gasteiger partial charge in [-0.1, -0.05) is 6.07 Å². The molecule has 13 heavy (non-hydrogen) atoms. The molecule has 1 atom stereocenters. The lowest BCUT2D eigenvalue weighted by Crippen LogP contribution is -2.00. The molecule has 0 fully saturated rings. The zero-order chi connectivity index (χ0) is 9.42. The summed E-state index contributed by atoms with van der Waals surface area (Å²) in [5.41, 5.74) is 1.21. The van der Waals surface area contributed by atoms with Gasteiger partial charge in [-0.05, 0) is 30.0 Å². The van der Waals surface area contributed by atoms with Crippen molar-refractivity contribution in [1.82, 2.24) is 0 Å². The van der Waals surface area contributed by atoms with Crippen molar-refractivity contribution in [2.75, 3.05) is 6.61 Å². The molecule has 1 unspecified atom stereocenters. The maximum atomic E-state index is 13.2. The van der Waals surface area contributed by atoms with E-state index in [-0.39, 0.29) is 12.5 Å². The first-order chi connectivity index (χ1) is 6.24. The van der Waals surface area contributed by atoms with E-state index in [0.717, 1.165) is 11.6 Å². The fourth-order valence-electron chi connectivity index (χ4n) is 1.91. The van der Waals surface area contributed by atoms with Crippen molar-refractivity contribution in [2.45, 2.75) is 18.8 Å². The molecule has 0 radical (unpaired) electrons.